The van der Waals surface area contributed by atoms with E-state index in [4.69, 9.17) is 10.8 Å². The predicted octanol–water partition coefficient (Wildman–Crippen LogP) is -0.267. The van der Waals surface area contributed by atoms with Crippen molar-refractivity contribution in [3.8, 4) is 0 Å². The zero-order valence-electron chi connectivity index (χ0n) is 19.2. The van der Waals surface area contributed by atoms with Crippen LogP contribution < -0.4 is 21.7 Å². The lowest BCUT2D eigenvalue weighted by Crippen LogP contribution is -2.56. The van der Waals surface area contributed by atoms with Crippen molar-refractivity contribution in [1.82, 2.24) is 16.0 Å². The molecule has 7 N–H and O–H groups in total. The van der Waals surface area contributed by atoms with E-state index in [1.54, 1.807) is 0 Å². The number of benzene rings is 1. The number of hydrogen-bond donors (Lipinski definition) is 6. The lowest BCUT2D eigenvalue weighted by Gasteiger charge is -2.23. The van der Waals surface area contributed by atoms with E-state index in [0.717, 1.165) is 5.56 Å². The van der Waals surface area contributed by atoms with Gasteiger partial charge in [0.2, 0.25) is 17.7 Å². The molecule has 0 aliphatic carbocycles. The molecule has 0 saturated carbocycles. The Kier molecular flexibility index (Phi) is 12.7. The van der Waals surface area contributed by atoms with E-state index in [2.05, 4.69) is 16.0 Å². The zero-order valence-corrected chi connectivity index (χ0v) is 20.0. The van der Waals surface area contributed by atoms with Crippen molar-refractivity contribution >= 4 is 41.4 Å². The van der Waals surface area contributed by atoms with Crippen LogP contribution in [0, 0.1) is 0 Å². The smallest absolute Gasteiger partial charge is 0.326 e. The Morgan fingerprint density at radius 3 is 2.09 bits per heavy atom. The molecule has 4 atom stereocenters. The molecule has 1 aromatic carbocycles. The van der Waals surface area contributed by atoms with Gasteiger partial charge in [0.25, 0.3) is 0 Å². The summed E-state index contributed by atoms with van der Waals surface area (Å²) in [5.41, 5.74) is 6.87. The van der Waals surface area contributed by atoms with Gasteiger partial charge in [-0.05, 0) is 43.8 Å². The Balaban J connectivity index is 2.73. The second-order valence-electron chi connectivity index (χ2n) is 7.70. The summed E-state index contributed by atoms with van der Waals surface area (Å²) in [7, 11) is 0. The summed E-state index contributed by atoms with van der Waals surface area (Å²) in [5.74, 6) is -3.94. The quantitative estimate of drug-likeness (QED) is 0.190. The van der Waals surface area contributed by atoms with Gasteiger partial charge in [-0.1, -0.05) is 30.3 Å². The van der Waals surface area contributed by atoms with Gasteiger partial charge < -0.3 is 31.9 Å². The summed E-state index contributed by atoms with van der Waals surface area (Å²) >= 11 is 1.47. The number of nitrogens with two attached hydrogens (primary N) is 1. The van der Waals surface area contributed by atoms with Crippen LogP contribution in [0.3, 0.4) is 0 Å². The molecule has 1 aromatic rings. The summed E-state index contributed by atoms with van der Waals surface area (Å²) in [4.78, 5) is 59.7. The molecule has 3 amide bonds. The van der Waals surface area contributed by atoms with Crippen LogP contribution in [-0.2, 0) is 30.4 Å². The third-order valence-corrected chi connectivity index (χ3v) is 5.54. The van der Waals surface area contributed by atoms with E-state index >= 15 is 0 Å². The number of rotatable bonds is 15. The highest BCUT2D eigenvalue weighted by molar-refractivity contribution is 7.98. The monoisotopic (exact) mass is 496 g/mol. The summed E-state index contributed by atoms with van der Waals surface area (Å²) in [6, 6.07) is 4.84. The molecule has 0 heterocycles. The van der Waals surface area contributed by atoms with E-state index in [9.17, 15) is 29.1 Å². The Labute approximate surface area is 202 Å². The molecule has 0 aromatic heterocycles. The van der Waals surface area contributed by atoms with E-state index < -0.39 is 60.2 Å². The zero-order chi connectivity index (χ0) is 25.7. The first-order valence-corrected chi connectivity index (χ1v) is 12.1. The van der Waals surface area contributed by atoms with Gasteiger partial charge in [-0.2, -0.15) is 11.8 Å². The molecule has 1 rings (SSSR count). The van der Waals surface area contributed by atoms with Gasteiger partial charge in [0, 0.05) is 6.42 Å². The van der Waals surface area contributed by atoms with Crippen LogP contribution in [0.2, 0.25) is 0 Å². The average molecular weight is 497 g/mol. The third-order valence-electron chi connectivity index (χ3n) is 4.89. The first-order chi connectivity index (χ1) is 16.0. The third kappa shape index (κ3) is 10.7. The number of carboxylic acids is 2. The molecule has 0 aliphatic rings. The van der Waals surface area contributed by atoms with E-state index in [0.29, 0.717) is 12.2 Å². The van der Waals surface area contributed by atoms with Crippen molar-refractivity contribution in [2.45, 2.75) is 56.8 Å². The van der Waals surface area contributed by atoms with Crippen LogP contribution in [0.15, 0.2) is 30.3 Å². The molecule has 188 valence electrons. The maximum atomic E-state index is 12.8. The molecule has 0 fully saturated rings. The van der Waals surface area contributed by atoms with Crippen molar-refractivity contribution in [2.24, 2.45) is 5.73 Å². The highest BCUT2D eigenvalue weighted by Crippen LogP contribution is 2.06. The van der Waals surface area contributed by atoms with Gasteiger partial charge in [-0.15, -0.1) is 0 Å². The lowest BCUT2D eigenvalue weighted by molar-refractivity contribution is -0.143. The van der Waals surface area contributed by atoms with Crippen LogP contribution in [-0.4, -0.2) is 76.0 Å². The van der Waals surface area contributed by atoms with Crippen molar-refractivity contribution in [3.05, 3.63) is 35.9 Å². The average Bonchev–Trinajstić information content (AvgIpc) is 2.79. The van der Waals surface area contributed by atoms with Gasteiger partial charge in [0.05, 0.1) is 6.04 Å². The maximum absolute atomic E-state index is 12.8. The molecule has 12 heteroatoms. The molecular formula is C22H32N4O7S. The van der Waals surface area contributed by atoms with Crippen molar-refractivity contribution in [3.63, 3.8) is 0 Å². The number of carbonyl (C=O) groups excluding carboxylic acids is 3. The number of thioether (sulfide) groups is 1. The van der Waals surface area contributed by atoms with Crippen molar-refractivity contribution < 1.29 is 34.2 Å². The fourth-order valence-electron chi connectivity index (χ4n) is 2.95. The molecular weight excluding hydrogens is 464 g/mol. The first kappa shape index (κ1) is 28.9. The normalized spacial score (nSPS) is 14.2. The molecule has 0 radical (unpaired) electrons. The van der Waals surface area contributed by atoms with Crippen LogP contribution in [0.4, 0.5) is 0 Å². The molecule has 34 heavy (non-hydrogen) atoms. The SMILES string of the molecule is CSCCC(NC(=O)C(N)Cc1ccccc1)C(=O)NC(C)C(=O)NC(CCC(=O)O)C(=O)O. The Morgan fingerprint density at radius 2 is 1.53 bits per heavy atom. The minimum Gasteiger partial charge on any atom is -0.481 e. The minimum atomic E-state index is -1.41. The van der Waals surface area contributed by atoms with E-state index in [-0.39, 0.29) is 12.8 Å². The van der Waals surface area contributed by atoms with Gasteiger partial charge >= 0.3 is 11.9 Å². The van der Waals surface area contributed by atoms with Crippen LogP contribution >= 0.6 is 11.8 Å². The molecule has 0 bridgehead atoms. The standard InChI is InChI=1S/C22H32N4O7S/c1-13(19(29)26-17(22(32)33)8-9-18(27)28)24-21(31)16(10-11-34-2)25-20(30)15(23)12-14-6-4-3-5-7-14/h3-7,13,15-17H,8-12,23H2,1-2H3,(H,24,31)(H,25,30)(H,26,29)(H,27,28)(H,32,33). The highest BCUT2D eigenvalue weighted by Gasteiger charge is 2.28. The lowest BCUT2D eigenvalue weighted by atomic mass is 10.1. The Morgan fingerprint density at radius 1 is 0.912 bits per heavy atom. The van der Waals surface area contributed by atoms with Crippen LogP contribution in [0.5, 0.6) is 0 Å². The molecule has 0 aliphatic heterocycles. The number of nitrogens with one attached hydrogen (secondary N) is 3. The fourth-order valence-corrected chi connectivity index (χ4v) is 3.42. The van der Waals surface area contributed by atoms with Crippen molar-refractivity contribution in [1.29, 1.82) is 0 Å². The largest absolute Gasteiger partial charge is 0.481 e. The van der Waals surface area contributed by atoms with Gasteiger partial charge in [-0.3, -0.25) is 19.2 Å². The molecule has 0 spiro atoms. The molecule has 0 saturated heterocycles. The fraction of sp³-hybridized carbons (Fsp3) is 0.500. The highest BCUT2D eigenvalue weighted by atomic mass is 32.2. The molecule has 4 unspecified atom stereocenters. The predicted molar refractivity (Wildman–Crippen MR) is 127 cm³/mol. The van der Waals surface area contributed by atoms with Crippen molar-refractivity contribution in [2.75, 3.05) is 12.0 Å². The Hall–Kier alpha value is -3.12. The number of carboxylic acid groups (broad SMARTS) is 2. The summed E-state index contributed by atoms with van der Waals surface area (Å²) in [5, 5.41) is 25.2. The summed E-state index contributed by atoms with van der Waals surface area (Å²) in [6.45, 7) is 1.36. The van der Waals surface area contributed by atoms with Gasteiger partial charge in [0.1, 0.15) is 18.1 Å². The number of hydrogen-bond acceptors (Lipinski definition) is 7. The first-order valence-electron chi connectivity index (χ1n) is 10.7. The van der Waals surface area contributed by atoms with E-state index in [1.807, 2.05) is 36.6 Å². The summed E-state index contributed by atoms with van der Waals surface area (Å²) in [6.07, 6.45) is 1.68. The second kappa shape index (κ2) is 14.9. The number of carbonyl (C=O) groups is 5. The van der Waals surface area contributed by atoms with Gasteiger partial charge in [-0.25, -0.2) is 4.79 Å². The van der Waals surface area contributed by atoms with Crippen LogP contribution in [0.25, 0.3) is 0 Å². The molecule has 11 nitrogen and oxygen atoms in total. The second-order valence-corrected chi connectivity index (χ2v) is 8.69. The Bertz CT molecular complexity index is 853. The maximum Gasteiger partial charge on any atom is 0.326 e. The van der Waals surface area contributed by atoms with E-state index in [1.165, 1.54) is 18.7 Å². The number of amides is 3. The van der Waals surface area contributed by atoms with Gasteiger partial charge in [0.15, 0.2) is 0 Å². The number of aliphatic carboxylic acids is 2. The topological polar surface area (TPSA) is 188 Å². The van der Waals surface area contributed by atoms with Crippen LogP contribution in [0.1, 0.15) is 31.7 Å². The minimum absolute atomic E-state index is 0.287. The summed E-state index contributed by atoms with van der Waals surface area (Å²) < 4.78 is 0.